The van der Waals surface area contributed by atoms with Crippen LogP contribution in [0.2, 0.25) is 0 Å². The second-order valence-corrected chi connectivity index (χ2v) is 7.86. The highest BCUT2D eigenvalue weighted by Gasteiger charge is 2.26. The van der Waals surface area contributed by atoms with Gasteiger partial charge in [0, 0.05) is 13.6 Å². The van der Waals surface area contributed by atoms with Crippen molar-refractivity contribution in [1.82, 2.24) is 4.37 Å². The molecule has 114 valence electrons. The van der Waals surface area contributed by atoms with E-state index < -0.39 is 9.84 Å². The lowest BCUT2D eigenvalue weighted by Crippen LogP contribution is -2.19. The summed E-state index contributed by atoms with van der Waals surface area (Å²) in [6, 6.07) is 8.02. The topological polar surface area (TPSA) is 76.3 Å². The second-order valence-electron chi connectivity index (χ2n) is 4.89. The minimum Gasteiger partial charge on any atom is -0.382 e. The number of benzene rings is 1. The van der Waals surface area contributed by atoms with Crippen LogP contribution in [0.4, 0.5) is 10.8 Å². The molecule has 0 aliphatic heterocycles. The van der Waals surface area contributed by atoms with E-state index in [9.17, 15) is 8.42 Å². The molecule has 0 saturated heterocycles. The first kappa shape index (κ1) is 15.8. The first-order chi connectivity index (χ1) is 9.86. The fraction of sp³-hybridized carbons (Fsp3) is 0.357. The molecule has 1 aromatic carbocycles. The average molecular weight is 325 g/mol. The molecule has 2 rings (SSSR count). The third-order valence-corrected chi connectivity index (χ3v) is 6.25. The number of sulfone groups is 1. The summed E-state index contributed by atoms with van der Waals surface area (Å²) >= 11 is 1.12. The molecule has 0 spiro atoms. The van der Waals surface area contributed by atoms with Crippen LogP contribution in [0, 0.1) is 6.92 Å². The summed E-state index contributed by atoms with van der Waals surface area (Å²) in [5, 5.41) is 0.595. The van der Waals surface area contributed by atoms with Gasteiger partial charge in [0.2, 0.25) is 0 Å². The number of anilines is 2. The van der Waals surface area contributed by atoms with Crippen LogP contribution in [0.15, 0.2) is 29.2 Å². The van der Waals surface area contributed by atoms with Crippen LogP contribution < -0.4 is 10.6 Å². The molecule has 0 aliphatic carbocycles. The third kappa shape index (κ3) is 3.19. The number of aryl methyl sites for hydroxylation is 1. The maximum atomic E-state index is 12.2. The fourth-order valence-corrected chi connectivity index (χ4v) is 4.37. The highest BCUT2D eigenvalue weighted by molar-refractivity contribution is 7.91. The van der Waals surface area contributed by atoms with Gasteiger partial charge in [-0.25, -0.2) is 8.42 Å². The van der Waals surface area contributed by atoms with Crippen molar-refractivity contribution in [2.45, 2.75) is 25.3 Å². The molecule has 7 heteroatoms. The molecule has 2 aromatic rings. The standard InChI is InChI=1S/C14H19N3O2S2/c1-4-21(18,19)12-13(15)16-20-14(12)17(3)9-11-8-6-5-7-10(11)2/h5-8H,4,9H2,1-3H3,(H2,15,16). The van der Waals surface area contributed by atoms with Crippen molar-refractivity contribution in [2.75, 3.05) is 23.4 Å². The van der Waals surface area contributed by atoms with Crippen molar-refractivity contribution in [3.8, 4) is 0 Å². The van der Waals surface area contributed by atoms with Crippen molar-refractivity contribution < 1.29 is 8.42 Å². The highest BCUT2D eigenvalue weighted by atomic mass is 32.2. The average Bonchev–Trinajstić information content (AvgIpc) is 2.84. The van der Waals surface area contributed by atoms with E-state index in [1.807, 2.05) is 43.1 Å². The van der Waals surface area contributed by atoms with Crippen molar-refractivity contribution in [3.63, 3.8) is 0 Å². The van der Waals surface area contributed by atoms with Crippen molar-refractivity contribution in [3.05, 3.63) is 35.4 Å². The van der Waals surface area contributed by atoms with Crippen molar-refractivity contribution >= 4 is 32.2 Å². The third-order valence-electron chi connectivity index (χ3n) is 3.36. The Labute approximate surface area is 129 Å². The quantitative estimate of drug-likeness (QED) is 0.914. The van der Waals surface area contributed by atoms with E-state index in [4.69, 9.17) is 5.73 Å². The van der Waals surface area contributed by atoms with Gasteiger partial charge >= 0.3 is 0 Å². The summed E-state index contributed by atoms with van der Waals surface area (Å²) in [6.07, 6.45) is 0. The highest BCUT2D eigenvalue weighted by Crippen LogP contribution is 2.35. The Balaban J connectivity index is 2.37. The van der Waals surface area contributed by atoms with Gasteiger partial charge < -0.3 is 10.6 Å². The zero-order valence-corrected chi connectivity index (χ0v) is 14.0. The number of rotatable bonds is 5. The monoisotopic (exact) mass is 325 g/mol. The number of nitrogens with zero attached hydrogens (tertiary/aromatic N) is 2. The molecule has 0 aliphatic rings. The number of hydrogen-bond acceptors (Lipinski definition) is 6. The van der Waals surface area contributed by atoms with Crippen LogP contribution in [-0.2, 0) is 16.4 Å². The first-order valence-corrected chi connectivity index (χ1v) is 9.03. The second kappa shape index (κ2) is 6.03. The van der Waals surface area contributed by atoms with Crippen LogP contribution in [0.25, 0.3) is 0 Å². The number of hydrogen-bond donors (Lipinski definition) is 1. The van der Waals surface area contributed by atoms with Gasteiger partial charge in [-0.3, -0.25) is 0 Å². The molecule has 21 heavy (non-hydrogen) atoms. The van der Waals surface area contributed by atoms with Crippen LogP contribution >= 0.6 is 11.5 Å². The van der Waals surface area contributed by atoms with Gasteiger partial charge in [-0.1, -0.05) is 31.2 Å². The normalized spacial score (nSPS) is 11.6. The lowest BCUT2D eigenvalue weighted by Gasteiger charge is -2.19. The van der Waals surface area contributed by atoms with Gasteiger partial charge in [0.25, 0.3) is 0 Å². The van der Waals surface area contributed by atoms with E-state index in [1.165, 1.54) is 5.56 Å². The summed E-state index contributed by atoms with van der Waals surface area (Å²) in [5.74, 6) is 0.106. The van der Waals surface area contributed by atoms with E-state index >= 15 is 0 Å². The van der Waals surface area contributed by atoms with Gasteiger partial charge in [-0.2, -0.15) is 4.37 Å². The van der Waals surface area contributed by atoms with E-state index in [2.05, 4.69) is 4.37 Å². The molecule has 5 nitrogen and oxygen atoms in total. The molecule has 2 N–H and O–H groups in total. The smallest absolute Gasteiger partial charge is 0.184 e. The van der Waals surface area contributed by atoms with Gasteiger partial charge in [-0.15, -0.1) is 0 Å². The Morgan fingerprint density at radius 2 is 2.00 bits per heavy atom. The molecule has 0 unspecified atom stereocenters. The zero-order chi connectivity index (χ0) is 15.6. The van der Waals surface area contributed by atoms with Crippen LogP contribution in [0.1, 0.15) is 18.1 Å². The number of nitrogens with two attached hydrogens (primary N) is 1. The zero-order valence-electron chi connectivity index (χ0n) is 12.3. The van der Waals surface area contributed by atoms with E-state index in [0.29, 0.717) is 11.5 Å². The molecular formula is C14H19N3O2S2. The summed E-state index contributed by atoms with van der Waals surface area (Å²) < 4.78 is 28.4. The summed E-state index contributed by atoms with van der Waals surface area (Å²) in [6.45, 7) is 4.26. The van der Waals surface area contributed by atoms with Crippen LogP contribution in [-0.4, -0.2) is 25.6 Å². The van der Waals surface area contributed by atoms with Crippen LogP contribution in [0.5, 0.6) is 0 Å². The lowest BCUT2D eigenvalue weighted by molar-refractivity contribution is 0.597. The predicted molar refractivity (Wildman–Crippen MR) is 87.5 cm³/mol. The molecule has 0 bridgehead atoms. The van der Waals surface area contributed by atoms with E-state index in [1.54, 1.807) is 6.92 Å². The maximum absolute atomic E-state index is 12.2. The SMILES string of the molecule is CCS(=O)(=O)c1c(N)nsc1N(C)Cc1ccccc1C. The fourth-order valence-electron chi connectivity index (χ4n) is 2.08. The minimum atomic E-state index is -3.38. The lowest BCUT2D eigenvalue weighted by atomic mass is 10.1. The molecule has 1 aromatic heterocycles. The molecule has 0 atom stereocenters. The molecule has 0 fully saturated rings. The maximum Gasteiger partial charge on any atom is 0.184 e. The van der Waals surface area contributed by atoms with Crippen molar-refractivity contribution in [1.29, 1.82) is 0 Å². The van der Waals surface area contributed by atoms with Gasteiger partial charge in [0.1, 0.15) is 9.90 Å². The Kier molecular flexibility index (Phi) is 4.53. The number of nitrogen functional groups attached to an aromatic ring is 1. The van der Waals surface area contributed by atoms with Gasteiger partial charge in [0.15, 0.2) is 15.7 Å². The van der Waals surface area contributed by atoms with Crippen molar-refractivity contribution in [2.24, 2.45) is 0 Å². The summed E-state index contributed by atoms with van der Waals surface area (Å²) in [7, 11) is -1.53. The minimum absolute atomic E-state index is 0.0147. The first-order valence-electron chi connectivity index (χ1n) is 6.60. The predicted octanol–water partition coefficient (Wildman–Crippen LogP) is 2.46. The number of aromatic nitrogens is 1. The Morgan fingerprint density at radius 1 is 1.33 bits per heavy atom. The van der Waals surface area contributed by atoms with E-state index in [0.717, 1.165) is 17.1 Å². The molecule has 0 saturated carbocycles. The Hall–Kier alpha value is -1.60. The Bertz CT molecular complexity index is 738. The van der Waals surface area contributed by atoms with Gasteiger partial charge in [-0.05, 0) is 29.6 Å². The van der Waals surface area contributed by atoms with Crippen LogP contribution in [0.3, 0.4) is 0 Å². The largest absolute Gasteiger partial charge is 0.382 e. The summed E-state index contributed by atoms with van der Waals surface area (Å²) in [4.78, 5) is 2.05. The molecule has 1 heterocycles. The molecule has 0 amide bonds. The molecular weight excluding hydrogens is 306 g/mol. The summed E-state index contributed by atoms with van der Waals surface area (Å²) in [5.41, 5.74) is 8.07. The Morgan fingerprint density at radius 3 is 2.62 bits per heavy atom. The van der Waals surface area contributed by atoms with E-state index in [-0.39, 0.29) is 16.5 Å². The molecule has 0 radical (unpaired) electrons. The van der Waals surface area contributed by atoms with Gasteiger partial charge in [0.05, 0.1) is 5.75 Å².